The molecule has 1 saturated heterocycles. The number of ether oxygens (including phenoxy) is 1. The second-order valence-electron chi connectivity index (χ2n) is 4.41. The van der Waals surface area contributed by atoms with Crippen molar-refractivity contribution in [1.29, 1.82) is 0 Å². The van der Waals surface area contributed by atoms with Crippen LogP contribution in [0.3, 0.4) is 0 Å². The van der Waals surface area contributed by atoms with Crippen molar-refractivity contribution in [2.24, 2.45) is 0 Å². The van der Waals surface area contributed by atoms with Crippen LogP contribution in [0.15, 0.2) is 18.2 Å². The summed E-state index contributed by atoms with van der Waals surface area (Å²) in [7, 11) is 0.743. The van der Waals surface area contributed by atoms with E-state index < -0.39 is 15.7 Å². The van der Waals surface area contributed by atoms with Crippen molar-refractivity contribution in [3.8, 4) is 5.75 Å². The van der Waals surface area contributed by atoms with E-state index in [-0.39, 0.29) is 11.7 Å². The molecule has 6 nitrogen and oxygen atoms in total. The van der Waals surface area contributed by atoms with Gasteiger partial charge >= 0.3 is 0 Å². The zero-order valence-electron chi connectivity index (χ0n) is 10.6. The Morgan fingerprint density at radius 2 is 2.11 bits per heavy atom. The van der Waals surface area contributed by atoms with Crippen molar-refractivity contribution in [3.63, 3.8) is 0 Å². The lowest BCUT2D eigenvalue weighted by molar-refractivity contribution is -0.384. The monoisotopic (exact) mass is 284 g/mol. The van der Waals surface area contributed by atoms with Crippen LogP contribution in [0.1, 0.15) is 12.8 Å². The van der Waals surface area contributed by atoms with Gasteiger partial charge in [0.05, 0.1) is 18.1 Å². The van der Waals surface area contributed by atoms with Crippen molar-refractivity contribution in [1.82, 2.24) is 0 Å². The molecule has 1 aliphatic rings. The second kappa shape index (κ2) is 6.01. The number of nitro groups is 1. The lowest BCUT2D eigenvalue weighted by Gasteiger charge is -2.23. The van der Waals surface area contributed by atoms with Gasteiger partial charge in [-0.25, -0.2) is 0 Å². The first-order chi connectivity index (χ1) is 9.10. The maximum Gasteiger partial charge on any atom is 0.296 e. The van der Waals surface area contributed by atoms with Gasteiger partial charge in [0.15, 0.2) is 0 Å². The topological polar surface area (TPSA) is 81.5 Å². The average Bonchev–Trinajstić information content (AvgIpc) is 2.41. The molecule has 0 bridgehead atoms. The summed E-state index contributed by atoms with van der Waals surface area (Å²) < 4.78 is 16.3. The van der Waals surface area contributed by atoms with E-state index in [1.165, 1.54) is 13.2 Å². The van der Waals surface area contributed by atoms with Gasteiger partial charge in [-0.05, 0) is 25.0 Å². The Bertz CT molecular complexity index is 497. The van der Waals surface area contributed by atoms with E-state index in [4.69, 9.17) is 4.74 Å². The van der Waals surface area contributed by atoms with E-state index in [0.717, 1.165) is 12.8 Å². The van der Waals surface area contributed by atoms with E-state index in [2.05, 4.69) is 5.32 Å². The summed E-state index contributed by atoms with van der Waals surface area (Å²) >= 11 is 0. The van der Waals surface area contributed by atoms with E-state index in [0.29, 0.717) is 22.9 Å². The third-order valence-corrected chi connectivity index (χ3v) is 4.53. The molecule has 1 heterocycles. The fraction of sp³-hybridized carbons (Fsp3) is 0.500. The molecule has 0 saturated carbocycles. The van der Waals surface area contributed by atoms with E-state index in [1.54, 1.807) is 12.1 Å². The molecule has 0 spiro atoms. The van der Waals surface area contributed by atoms with Crippen LogP contribution in [-0.2, 0) is 10.8 Å². The number of hydrogen-bond donors (Lipinski definition) is 1. The largest absolute Gasteiger partial charge is 0.496 e. The normalized spacial score (nSPS) is 22.8. The van der Waals surface area contributed by atoms with Crippen molar-refractivity contribution in [3.05, 3.63) is 28.3 Å². The first kappa shape index (κ1) is 13.8. The minimum Gasteiger partial charge on any atom is -0.496 e. The van der Waals surface area contributed by atoms with Crippen LogP contribution in [0.2, 0.25) is 0 Å². The Kier molecular flexibility index (Phi) is 4.36. The molecule has 1 aromatic carbocycles. The van der Waals surface area contributed by atoms with Crippen molar-refractivity contribution in [2.45, 2.75) is 18.9 Å². The van der Waals surface area contributed by atoms with Gasteiger partial charge in [-0.2, -0.15) is 0 Å². The summed E-state index contributed by atoms with van der Waals surface area (Å²) in [6, 6.07) is 4.90. The molecule has 0 atom stereocenters. The van der Waals surface area contributed by atoms with Crippen LogP contribution in [0.4, 0.5) is 11.4 Å². The number of methoxy groups -OCH3 is 1. The summed E-state index contributed by atoms with van der Waals surface area (Å²) in [5.74, 6) is 1.77. The van der Waals surface area contributed by atoms with Crippen molar-refractivity contribution < 1.29 is 13.9 Å². The molecule has 1 N–H and O–H groups in total. The van der Waals surface area contributed by atoms with Gasteiger partial charge in [0.1, 0.15) is 11.4 Å². The minimum absolute atomic E-state index is 0.00560. The standard InChI is InChI=1S/C12H16N2O4S/c1-18-10-2-3-11(12(8-10)14(15)16)13-9-4-6-19(17)7-5-9/h2-3,8-9,13H,4-7H2,1H3. The van der Waals surface area contributed by atoms with Gasteiger partial charge in [0.25, 0.3) is 5.69 Å². The third kappa shape index (κ3) is 3.44. The SMILES string of the molecule is COc1ccc(NC2CCS(=O)CC2)c([N+](=O)[O-])c1. The van der Waals surface area contributed by atoms with Gasteiger partial charge in [0.2, 0.25) is 0 Å². The van der Waals surface area contributed by atoms with Crippen LogP contribution in [0.5, 0.6) is 5.75 Å². The van der Waals surface area contributed by atoms with Crippen LogP contribution >= 0.6 is 0 Å². The average molecular weight is 284 g/mol. The van der Waals surface area contributed by atoms with Crippen LogP contribution in [0.25, 0.3) is 0 Å². The number of anilines is 1. The Balaban J connectivity index is 2.15. The zero-order valence-corrected chi connectivity index (χ0v) is 11.4. The molecular weight excluding hydrogens is 268 g/mol. The van der Waals surface area contributed by atoms with Gasteiger partial charge in [-0.3, -0.25) is 14.3 Å². The van der Waals surface area contributed by atoms with Crippen LogP contribution in [-0.4, -0.2) is 33.8 Å². The third-order valence-electron chi connectivity index (χ3n) is 3.15. The predicted octanol–water partition coefficient (Wildman–Crippen LogP) is 1.93. The minimum atomic E-state index is -0.732. The van der Waals surface area contributed by atoms with Crippen molar-refractivity contribution in [2.75, 3.05) is 23.9 Å². The lowest BCUT2D eigenvalue weighted by atomic mass is 10.1. The first-order valence-electron chi connectivity index (χ1n) is 6.04. The highest BCUT2D eigenvalue weighted by atomic mass is 32.2. The van der Waals surface area contributed by atoms with E-state index in [1.807, 2.05) is 0 Å². The van der Waals surface area contributed by atoms with Crippen LogP contribution in [0, 0.1) is 10.1 Å². The molecule has 0 aromatic heterocycles. The molecule has 0 aliphatic carbocycles. The number of hydrogen-bond acceptors (Lipinski definition) is 5. The fourth-order valence-electron chi connectivity index (χ4n) is 2.07. The summed E-state index contributed by atoms with van der Waals surface area (Å²) in [5, 5.41) is 14.2. The number of benzene rings is 1. The molecule has 0 amide bonds. The van der Waals surface area contributed by atoms with E-state index in [9.17, 15) is 14.3 Å². The molecule has 1 aromatic rings. The Morgan fingerprint density at radius 1 is 1.42 bits per heavy atom. The molecule has 0 radical (unpaired) electrons. The number of nitrogens with zero attached hydrogens (tertiary/aromatic N) is 1. The number of nitro benzene ring substituents is 1. The summed E-state index contributed by atoms with van der Waals surface area (Å²) in [6.45, 7) is 0. The molecular formula is C12H16N2O4S. The summed E-state index contributed by atoms with van der Waals surface area (Å²) in [5.41, 5.74) is 0.495. The maximum atomic E-state index is 11.3. The quantitative estimate of drug-likeness (QED) is 0.675. The maximum absolute atomic E-state index is 11.3. The molecule has 1 aliphatic heterocycles. The smallest absolute Gasteiger partial charge is 0.296 e. The summed E-state index contributed by atoms with van der Waals surface area (Å²) in [4.78, 5) is 10.6. The predicted molar refractivity (Wildman–Crippen MR) is 74.2 cm³/mol. The van der Waals surface area contributed by atoms with Gasteiger partial charge in [-0.1, -0.05) is 0 Å². The van der Waals surface area contributed by atoms with Gasteiger partial charge in [-0.15, -0.1) is 0 Å². The second-order valence-corrected chi connectivity index (χ2v) is 6.10. The highest BCUT2D eigenvalue weighted by molar-refractivity contribution is 7.85. The molecule has 1 fully saturated rings. The Hall–Kier alpha value is -1.63. The van der Waals surface area contributed by atoms with Crippen molar-refractivity contribution >= 4 is 22.2 Å². The Morgan fingerprint density at radius 3 is 2.68 bits per heavy atom. The summed E-state index contributed by atoms with van der Waals surface area (Å²) in [6.07, 6.45) is 1.55. The molecule has 19 heavy (non-hydrogen) atoms. The fourth-order valence-corrected chi connectivity index (χ4v) is 3.37. The Labute approximate surface area is 113 Å². The zero-order chi connectivity index (χ0) is 13.8. The van der Waals surface area contributed by atoms with Gasteiger partial charge in [0, 0.05) is 28.3 Å². The highest BCUT2D eigenvalue weighted by Gasteiger charge is 2.21. The molecule has 7 heteroatoms. The molecule has 2 rings (SSSR count). The van der Waals surface area contributed by atoms with E-state index >= 15 is 0 Å². The number of rotatable bonds is 4. The molecule has 0 unspecified atom stereocenters. The lowest BCUT2D eigenvalue weighted by Crippen LogP contribution is -2.29. The van der Waals surface area contributed by atoms with Gasteiger partial charge < -0.3 is 10.1 Å². The number of nitrogens with one attached hydrogen (secondary N) is 1. The molecule has 104 valence electrons. The highest BCUT2D eigenvalue weighted by Crippen LogP contribution is 2.30. The first-order valence-corrected chi connectivity index (χ1v) is 7.53. The van der Waals surface area contributed by atoms with Crippen LogP contribution < -0.4 is 10.1 Å².